The van der Waals surface area contributed by atoms with Crippen LogP contribution in [0.25, 0.3) is 0 Å². The molecular formula is C8H6O3. The van der Waals surface area contributed by atoms with E-state index in [-0.39, 0.29) is 5.97 Å². The Bertz CT molecular complexity index is 259. The lowest BCUT2D eigenvalue weighted by atomic mass is 10.4. The monoisotopic (exact) mass is 150 g/mol. The molecule has 0 N–H and O–H groups in total. The van der Waals surface area contributed by atoms with Gasteiger partial charge in [0.05, 0.1) is 0 Å². The van der Waals surface area contributed by atoms with Crippen molar-refractivity contribution in [3.63, 3.8) is 0 Å². The zero-order valence-electron chi connectivity index (χ0n) is 5.69. The van der Waals surface area contributed by atoms with E-state index in [1.807, 2.05) is 0 Å². The predicted molar refractivity (Wildman–Crippen MR) is 38.5 cm³/mol. The van der Waals surface area contributed by atoms with Crippen molar-refractivity contribution >= 4 is 12.3 Å². The number of cyclic esters (lactones) is 1. The third-order valence-electron chi connectivity index (χ3n) is 1.05. The smallest absolute Gasteiger partial charge is 0.336 e. The van der Waals surface area contributed by atoms with Crippen LogP contribution >= 0.6 is 0 Å². The van der Waals surface area contributed by atoms with Crippen LogP contribution in [0.5, 0.6) is 0 Å². The SMILES string of the molecule is O=C/C=C/C=C1/C=CC(=O)O1. The number of rotatable bonds is 2. The molecule has 0 aliphatic carbocycles. The molecule has 0 bridgehead atoms. The number of aldehydes is 1. The highest BCUT2D eigenvalue weighted by Gasteiger charge is 2.06. The van der Waals surface area contributed by atoms with Crippen LogP contribution in [0.2, 0.25) is 0 Å². The molecule has 0 unspecified atom stereocenters. The zero-order valence-corrected chi connectivity index (χ0v) is 5.69. The molecule has 0 radical (unpaired) electrons. The lowest BCUT2D eigenvalue weighted by molar-refractivity contribution is -0.132. The molecule has 0 saturated carbocycles. The molecule has 1 aliphatic rings. The Morgan fingerprint density at radius 2 is 2.09 bits per heavy atom. The first-order valence-corrected chi connectivity index (χ1v) is 3.05. The first kappa shape index (κ1) is 7.47. The van der Waals surface area contributed by atoms with E-state index in [9.17, 15) is 9.59 Å². The minimum atomic E-state index is -0.379. The van der Waals surface area contributed by atoms with Crippen LogP contribution in [0, 0.1) is 0 Å². The van der Waals surface area contributed by atoms with Crippen LogP contribution in [0.1, 0.15) is 0 Å². The van der Waals surface area contributed by atoms with Crippen LogP contribution in [0.4, 0.5) is 0 Å². The van der Waals surface area contributed by atoms with Gasteiger partial charge in [-0.1, -0.05) is 6.08 Å². The van der Waals surface area contributed by atoms with Crippen molar-refractivity contribution in [2.45, 2.75) is 0 Å². The minimum absolute atomic E-state index is 0.379. The predicted octanol–water partition coefficient (Wildman–Crippen LogP) is 0.738. The van der Waals surface area contributed by atoms with E-state index in [4.69, 9.17) is 0 Å². The molecule has 0 spiro atoms. The van der Waals surface area contributed by atoms with E-state index < -0.39 is 0 Å². The maximum Gasteiger partial charge on any atom is 0.336 e. The maximum absolute atomic E-state index is 10.4. The zero-order chi connectivity index (χ0) is 8.10. The van der Waals surface area contributed by atoms with E-state index >= 15 is 0 Å². The van der Waals surface area contributed by atoms with Gasteiger partial charge >= 0.3 is 5.97 Å². The number of carbonyl (C=O) groups excluding carboxylic acids is 2. The summed E-state index contributed by atoms with van der Waals surface area (Å²) in [5.41, 5.74) is 0. The van der Waals surface area contributed by atoms with Gasteiger partial charge in [-0.15, -0.1) is 0 Å². The fourth-order valence-corrected chi connectivity index (χ4v) is 0.620. The van der Waals surface area contributed by atoms with Crippen molar-refractivity contribution in [3.05, 3.63) is 36.1 Å². The Balaban J connectivity index is 2.56. The van der Waals surface area contributed by atoms with Gasteiger partial charge in [0.25, 0.3) is 0 Å². The molecule has 0 aromatic rings. The van der Waals surface area contributed by atoms with Gasteiger partial charge in [-0.3, -0.25) is 4.79 Å². The highest BCUT2D eigenvalue weighted by Crippen LogP contribution is 2.08. The minimum Gasteiger partial charge on any atom is -0.423 e. The van der Waals surface area contributed by atoms with E-state index in [1.54, 1.807) is 0 Å². The first-order chi connectivity index (χ1) is 5.33. The van der Waals surface area contributed by atoms with Gasteiger partial charge in [0, 0.05) is 6.08 Å². The average Bonchev–Trinajstić information content (AvgIpc) is 2.37. The number of esters is 1. The maximum atomic E-state index is 10.4. The van der Waals surface area contributed by atoms with E-state index in [2.05, 4.69) is 4.74 Å². The van der Waals surface area contributed by atoms with Crippen molar-refractivity contribution in [1.29, 1.82) is 0 Å². The normalized spacial score (nSPS) is 19.6. The molecule has 11 heavy (non-hydrogen) atoms. The van der Waals surface area contributed by atoms with Crippen LogP contribution in [-0.4, -0.2) is 12.3 Å². The largest absolute Gasteiger partial charge is 0.423 e. The summed E-state index contributed by atoms with van der Waals surface area (Å²) in [6, 6.07) is 0. The van der Waals surface area contributed by atoms with Gasteiger partial charge < -0.3 is 4.74 Å². The summed E-state index contributed by atoms with van der Waals surface area (Å²) in [5.74, 6) is 0.0730. The van der Waals surface area contributed by atoms with Gasteiger partial charge in [-0.05, 0) is 18.2 Å². The third kappa shape index (κ3) is 2.21. The molecular weight excluding hydrogens is 144 g/mol. The number of allylic oxidation sites excluding steroid dienone is 4. The number of hydrogen-bond donors (Lipinski definition) is 0. The van der Waals surface area contributed by atoms with Crippen LogP contribution in [-0.2, 0) is 14.3 Å². The second-order valence-corrected chi connectivity index (χ2v) is 1.84. The Kier molecular flexibility index (Phi) is 2.38. The van der Waals surface area contributed by atoms with Crippen molar-refractivity contribution in [3.8, 4) is 0 Å². The highest BCUT2D eigenvalue weighted by atomic mass is 16.5. The Morgan fingerprint density at radius 1 is 1.27 bits per heavy atom. The molecule has 56 valence electrons. The fraction of sp³-hybridized carbons (Fsp3) is 0. The summed E-state index contributed by atoms with van der Waals surface area (Å²) in [6.07, 6.45) is 7.86. The summed E-state index contributed by atoms with van der Waals surface area (Å²) in [7, 11) is 0. The van der Waals surface area contributed by atoms with Gasteiger partial charge in [-0.25, -0.2) is 4.79 Å². The molecule has 1 heterocycles. The van der Waals surface area contributed by atoms with Gasteiger partial charge in [0.2, 0.25) is 0 Å². The molecule has 0 atom stereocenters. The molecule has 3 nitrogen and oxygen atoms in total. The summed E-state index contributed by atoms with van der Waals surface area (Å²) in [4.78, 5) is 20.2. The van der Waals surface area contributed by atoms with E-state index in [1.165, 1.54) is 30.4 Å². The molecule has 0 saturated heterocycles. The second-order valence-electron chi connectivity index (χ2n) is 1.84. The molecule has 0 amide bonds. The van der Waals surface area contributed by atoms with E-state index in [0.29, 0.717) is 12.0 Å². The Hall–Kier alpha value is -1.64. The Morgan fingerprint density at radius 3 is 2.64 bits per heavy atom. The lowest BCUT2D eigenvalue weighted by Gasteiger charge is -1.90. The molecule has 0 fully saturated rings. The fourth-order valence-electron chi connectivity index (χ4n) is 0.620. The van der Waals surface area contributed by atoms with Crippen molar-refractivity contribution < 1.29 is 14.3 Å². The van der Waals surface area contributed by atoms with Crippen molar-refractivity contribution in [2.75, 3.05) is 0 Å². The summed E-state index contributed by atoms with van der Waals surface area (Å²) >= 11 is 0. The van der Waals surface area contributed by atoms with Crippen LogP contribution in [0.3, 0.4) is 0 Å². The molecule has 0 aromatic carbocycles. The molecule has 1 rings (SSSR count). The molecule has 0 aromatic heterocycles. The lowest BCUT2D eigenvalue weighted by Crippen LogP contribution is -1.89. The molecule has 1 aliphatic heterocycles. The van der Waals surface area contributed by atoms with Gasteiger partial charge in [-0.2, -0.15) is 0 Å². The van der Waals surface area contributed by atoms with E-state index in [0.717, 1.165) is 0 Å². The topological polar surface area (TPSA) is 43.4 Å². The highest BCUT2D eigenvalue weighted by molar-refractivity contribution is 5.86. The van der Waals surface area contributed by atoms with Crippen LogP contribution in [0.15, 0.2) is 36.1 Å². The van der Waals surface area contributed by atoms with Gasteiger partial charge in [0.15, 0.2) is 0 Å². The number of hydrogen-bond acceptors (Lipinski definition) is 3. The van der Waals surface area contributed by atoms with Crippen molar-refractivity contribution in [1.82, 2.24) is 0 Å². The standard InChI is InChI=1S/C8H6O3/c9-6-2-1-3-7-4-5-8(10)11-7/h1-6H/b2-1+,7-3-. The summed E-state index contributed by atoms with van der Waals surface area (Å²) in [5, 5.41) is 0. The Labute approximate surface area is 63.7 Å². The first-order valence-electron chi connectivity index (χ1n) is 3.05. The van der Waals surface area contributed by atoms with Crippen molar-refractivity contribution in [2.24, 2.45) is 0 Å². The van der Waals surface area contributed by atoms with Gasteiger partial charge in [0.1, 0.15) is 12.0 Å². The molecule has 3 heteroatoms. The third-order valence-corrected chi connectivity index (χ3v) is 1.05. The quantitative estimate of drug-likeness (QED) is 0.331. The number of carbonyl (C=O) groups is 2. The van der Waals surface area contributed by atoms with Crippen LogP contribution < -0.4 is 0 Å². The average molecular weight is 150 g/mol. The summed E-state index contributed by atoms with van der Waals surface area (Å²) < 4.78 is 4.65. The second kappa shape index (κ2) is 3.51. The summed E-state index contributed by atoms with van der Waals surface area (Å²) in [6.45, 7) is 0. The number of ether oxygens (including phenoxy) is 1.